The van der Waals surface area contributed by atoms with Crippen molar-refractivity contribution in [3.63, 3.8) is 0 Å². The van der Waals surface area contributed by atoms with Crippen molar-refractivity contribution in [1.29, 1.82) is 0 Å². The fourth-order valence-electron chi connectivity index (χ4n) is 4.37. The first kappa shape index (κ1) is 35.9. The van der Waals surface area contributed by atoms with Crippen LogP contribution in [0.5, 0.6) is 0 Å². The first-order valence-corrected chi connectivity index (χ1v) is 16.6. The monoisotopic (exact) mass is 687 g/mol. The van der Waals surface area contributed by atoms with Crippen molar-refractivity contribution in [3.05, 3.63) is 130 Å². The molecular weight excluding hydrogens is 653 g/mol. The van der Waals surface area contributed by atoms with E-state index in [1.807, 2.05) is 19.9 Å². The van der Waals surface area contributed by atoms with E-state index in [-0.39, 0.29) is 22.2 Å². The number of amides is 3. The fourth-order valence-corrected chi connectivity index (χ4v) is 5.60. The molecule has 0 saturated heterocycles. The molecule has 0 aliphatic carbocycles. The second kappa shape index (κ2) is 17.8. The lowest BCUT2D eigenvalue weighted by molar-refractivity contribution is -0.116. The lowest BCUT2D eigenvalue weighted by Gasteiger charge is -2.16. The van der Waals surface area contributed by atoms with Crippen LogP contribution in [0.1, 0.15) is 59.4 Å². The van der Waals surface area contributed by atoms with Crippen LogP contribution < -0.4 is 16.0 Å². The van der Waals surface area contributed by atoms with Gasteiger partial charge in [-0.2, -0.15) is 0 Å². The normalized spacial score (nSPS) is 11.7. The van der Waals surface area contributed by atoms with E-state index in [0.29, 0.717) is 40.4 Å². The summed E-state index contributed by atoms with van der Waals surface area (Å²) in [6.07, 6.45) is 3.41. The van der Waals surface area contributed by atoms with E-state index in [4.69, 9.17) is 16.3 Å². The predicted octanol–water partition coefficient (Wildman–Crippen LogP) is 8.36. The summed E-state index contributed by atoms with van der Waals surface area (Å²) in [6.45, 7) is 4.26. The number of thioether (sulfide) groups is 1. The number of rotatable bonds is 14. The molecule has 0 radical (unpaired) electrons. The van der Waals surface area contributed by atoms with Crippen molar-refractivity contribution in [2.24, 2.45) is 0 Å². The van der Waals surface area contributed by atoms with Gasteiger partial charge >= 0.3 is 5.97 Å². The minimum atomic E-state index is -0.705. The third-order valence-electron chi connectivity index (χ3n) is 6.97. The highest BCUT2D eigenvalue weighted by atomic mass is 35.5. The van der Waals surface area contributed by atoms with Crippen molar-refractivity contribution < 1.29 is 28.3 Å². The number of carbonyl (C=O) groups excluding carboxylic acids is 4. The molecule has 4 rings (SSSR count). The standard InChI is InChI=1S/C37H35ClFN3O5S/c1-3-5-21-47-37(46)25-17-19-26(20-18-25)40-36(45)33(4-2)48-28-14-9-13-27(22-28)41-35(44)32(23-29-30(38)15-10-16-31(29)39)42-34(43)24-11-7-6-8-12-24/h6-20,22-23,33H,3-5,21H2,1-2H3,(H,40,45)(H,41,44)(H,42,43)/b32-23+. The largest absolute Gasteiger partial charge is 0.462 e. The number of hydrogen-bond donors (Lipinski definition) is 3. The van der Waals surface area contributed by atoms with E-state index >= 15 is 0 Å². The van der Waals surface area contributed by atoms with Gasteiger partial charge in [0.05, 0.1) is 22.4 Å². The molecule has 0 fully saturated rings. The minimum Gasteiger partial charge on any atom is -0.462 e. The molecule has 0 aromatic heterocycles. The van der Waals surface area contributed by atoms with Gasteiger partial charge in [-0.3, -0.25) is 14.4 Å². The molecule has 11 heteroatoms. The summed E-state index contributed by atoms with van der Waals surface area (Å²) in [5, 5.41) is 7.80. The van der Waals surface area contributed by atoms with Crippen LogP contribution in [0, 0.1) is 5.82 Å². The first-order chi connectivity index (χ1) is 23.2. The second-order valence-corrected chi connectivity index (χ2v) is 12.2. The van der Waals surface area contributed by atoms with Gasteiger partial charge in [-0.1, -0.05) is 62.2 Å². The summed E-state index contributed by atoms with van der Waals surface area (Å²) < 4.78 is 19.9. The summed E-state index contributed by atoms with van der Waals surface area (Å²) in [5.74, 6) is -2.57. The minimum absolute atomic E-state index is 0.0552. The number of carbonyl (C=O) groups is 4. The maximum Gasteiger partial charge on any atom is 0.338 e. The molecule has 248 valence electrons. The number of anilines is 2. The van der Waals surface area contributed by atoms with Crippen molar-refractivity contribution in [2.75, 3.05) is 17.2 Å². The zero-order chi connectivity index (χ0) is 34.5. The number of ether oxygens (including phenoxy) is 1. The van der Waals surface area contributed by atoms with E-state index in [1.54, 1.807) is 72.8 Å². The van der Waals surface area contributed by atoms with Gasteiger partial charge in [0.15, 0.2) is 0 Å². The Morgan fingerprint density at radius 3 is 2.27 bits per heavy atom. The number of esters is 1. The van der Waals surface area contributed by atoms with E-state index in [0.717, 1.165) is 12.8 Å². The van der Waals surface area contributed by atoms with Gasteiger partial charge in [-0.05, 0) is 85.6 Å². The van der Waals surface area contributed by atoms with E-state index < -0.39 is 28.9 Å². The molecule has 0 spiro atoms. The Kier molecular flexibility index (Phi) is 13.3. The molecule has 0 saturated carbocycles. The van der Waals surface area contributed by atoms with Gasteiger partial charge in [0, 0.05) is 27.4 Å². The molecule has 3 N–H and O–H groups in total. The molecule has 1 unspecified atom stereocenters. The number of hydrogen-bond acceptors (Lipinski definition) is 6. The Labute approximate surface area is 288 Å². The van der Waals surface area contributed by atoms with Gasteiger partial charge in [-0.15, -0.1) is 11.8 Å². The molecule has 3 amide bonds. The van der Waals surface area contributed by atoms with Gasteiger partial charge in [0.25, 0.3) is 11.8 Å². The van der Waals surface area contributed by atoms with Crippen LogP contribution in [0.3, 0.4) is 0 Å². The first-order valence-electron chi connectivity index (χ1n) is 15.4. The Morgan fingerprint density at radius 1 is 0.854 bits per heavy atom. The van der Waals surface area contributed by atoms with Gasteiger partial charge in [0.2, 0.25) is 5.91 Å². The topological polar surface area (TPSA) is 114 Å². The van der Waals surface area contributed by atoms with Gasteiger partial charge in [0.1, 0.15) is 11.5 Å². The Hall–Kier alpha value is -4.93. The van der Waals surface area contributed by atoms with Crippen molar-refractivity contribution in [2.45, 2.75) is 43.3 Å². The van der Waals surface area contributed by atoms with Gasteiger partial charge in [-0.25, -0.2) is 9.18 Å². The maximum atomic E-state index is 14.6. The lowest BCUT2D eigenvalue weighted by atomic mass is 10.1. The summed E-state index contributed by atoms with van der Waals surface area (Å²) in [5.41, 5.74) is 1.36. The van der Waals surface area contributed by atoms with E-state index in [2.05, 4.69) is 16.0 Å². The quantitative estimate of drug-likeness (QED) is 0.0532. The number of unbranched alkanes of at least 4 members (excludes halogenated alkanes) is 1. The van der Waals surface area contributed by atoms with Crippen LogP contribution in [-0.4, -0.2) is 35.5 Å². The number of nitrogens with one attached hydrogen (secondary N) is 3. The van der Waals surface area contributed by atoms with Crippen molar-refractivity contribution in [3.8, 4) is 0 Å². The van der Waals surface area contributed by atoms with Crippen LogP contribution in [0.2, 0.25) is 5.02 Å². The summed E-state index contributed by atoms with van der Waals surface area (Å²) in [7, 11) is 0. The fraction of sp³-hybridized carbons (Fsp3) is 0.189. The van der Waals surface area contributed by atoms with Crippen molar-refractivity contribution >= 4 is 64.5 Å². The molecule has 0 heterocycles. The number of halogens is 2. The summed E-state index contributed by atoms with van der Waals surface area (Å²) in [6, 6.07) is 25.8. The third kappa shape index (κ3) is 10.3. The molecular formula is C37H35ClFN3O5S. The zero-order valence-electron chi connectivity index (χ0n) is 26.4. The molecule has 4 aromatic carbocycles. The zero-order valence-corrected chi connectivity index (χ0v) is 28.0. The maximum absolute atomic E-state index is 14.6. The average Bonchev–Trinajstić information content (AvgIpc) is 3.09. The predicted molar refractivity (Wildman–Crippen MR) is 189 cm³/mol. The van der Waals surface area contributed by atoms with Crippen LogP contribution in [0.25, 0.3) is 6.08 Å². The smallest absolute Gasteiger partial charge is 0.338 e. The van der Waals surface area contributed by atoms with Gasteiger partial charge < -0.3 is 20.7 Å². The molecule has 1 atom stereocenters. The molecule has 8 nitrogen and oxygen atoms in total. The van der Waals surface area contributed by atoms with Crippen LogP contribution in [0.4, 0.5) is 15.8 Å². The highest BCUT2D eigenvalue weighted by Gasteiger charge is 2.20. The van der Waals surface area contributed by atoms with Crippen LogP contribution >= 0.6 is 23.4 Å². The van der Waals surface area contributed by atoms with Crippen LogP contribution in [-0.2, 0) is 14.3 Å². The SMILES string of the molecule is CCCCOC(=O)c1ccc(NC(=O)C(CC)Sc2cccc(NC(=O)/C(=C\c3c(F)cccc3Cl)NC(=O)c3ccccc3)c2)cc1. The molecule has 0 bridgehead atoms. The average molecular weight is 688 g/mol. The summed E-state index contributed by atoms with van der Waals surface area (Å²) in [4.78, 5) is 52.5. The second-order valence-electron chi connectivity index (χ2n) is 10.6. The Balaban J connectivity index is 1.45. The Morgan fingerprint density at radius 2 is 1.58 bits per heavy atom. The highest BCUT2D eigenvalue weighted by Crippen LogP contribution is 2.29. The molecule has 0 aliphatic heterocycles. The lowest BCUT2D eigenvalue weighted by Crippen LogP contribution is -2.30. The van der Waals surface area contributed by atoms with Crippen LogP contribution in [0.15, 0.2) is 108 Å². The third-order valence-corrected chi connectivity index (χ3v) is 8.66. The molecule has 48 heavy (non-hydrogen) atoms. The van der Waals surface area contributed by atoms with E-state index in [1.165, 1.54) is 36.0 Å². The number of benzene rings is 4. The highest BCUT2D eigenvalue weighted by molar-refractivity contribution is 8.00. The Bertz CT molecular complexity index is 1760. The van der Waals surface area contributed by atoms with Crippen molar-refractivity contribution in [1.82, 2.24) is 5.32 Å². The molecule has 0 aliphatic rings. The summed E-state index contributed by atoms with van der Waals surface area (Å²) >= 11 is 7.52. The molecule has 4 aromatic rings. The van der Waals surface area contributed by atoms with E-state index in [9.17, 15) is 23.6 Å².